The van der Waals surface area contributed by atoms with Crippen molar-refractivity contribution in [1.82, 2.24) is 0 Å². The normalized spacial score (nSPS) is 11.4. The SMILES string of the molecule is CCOc1ccccc1/C=C/C(=O)Nc1cccc(S(C)(=O)=O)c1. The first-order valence-corrected chi connectivity index (χ1v) is 9.30. The molecule has 0 aliphatic rings. The molecule has 0 fully saturated rings. The Kier molecular flexibility index (Phi) is 5.76. The lowest BCUT2D eigenvalue weighted by molar-refractivity contribution is -0.111. The first-order chi connectivity index (χ1) is 11.4. The van der Waals surface area contributed by atoms with Gasteiger partial charge in [0.2, 0.25) is 5.91 Å². The largest absolute Gasteiger partial charge is 0.493 e. The maximum atomic E-state index is 12.0. The molecular formula is C18H19NO4S. The topological polar surface area (TPSA) is 72.5 Å². The molecule has 24 heavy (non-hydrogen) atoms. The predicted molar refractivity (Wildman–Crippen MR) is 94.8 cm³/mol. The molecule has 1 N–H and O–H groups in total. The monoisotopic (exact) mass is 345 g/mol. The van der Waals surface area contributed by atoms with Gasteiger partial charge >= 0.3 is 0 Å². The van der Waals surface area contributed by atoms with Crippen LogP contribution in [0.15, 0.2) is 59.5 Å². The first-order valence-electron chi connectivity index (χ1n) is 7.41. The van der Waals surface area contributed by atoms with E-state index in [1.54, 1.807) is 18.2 Å². The molecule has 0 aromatic heterocycles. The summed E-state index contributed by atoms with van der Waals surface area (Å²) in [5.74, 6) is 0.343. The third-order valence-corrected chi connectivity index (χ3v) is 4.27. The van der Waals surface area contributed by atoms with E-state index >= 15 is 0 Å². The molecule has 0 unspecified atom stereocenters. The lowest BCUT2D eigenvalue weighted by atomic mass is 10.2. The van der Waals surface area contributed by atoms with Crippen molar-refractivity contribution in [3.63, 3.8) is 0 Å². The molecule has 0 heterocycles. The van der Waals surface area contributed by atoms with E-state index in [9.17, 15) is 13.2 Å². The summed E-state index contributed by atoms with van der Waals surface area (Å²) in [7, 11) is -3.31. The summed E-state index contributed by atoms with van der Waals surface area (Å²) in [5, 5.41) is 2.65. The molecule has 0 spiro atoms. The van der Waals surface area contributed by atoms with Gasteiger partial charge in [0.05, 0.1) is 11.5 Å². The van der Waals surface area contributed by atoms with E-state index in [-0.39, 0.29) is 10.8 Å². The molecule has 2 aromatic carbocycles. The lowest BCUT2D eigenvalue weighted by Gasteiger charge is -2.07. The van der Waals surface area contributed by atoms with Crippen molar-refractivity contribution in [3.05, 3.63) is 60.2 Å². The van der Waals surface area contributed by atoms with E-state index in [0.29, 0.717) is 18.0 Å². The third kappa shape index (κ3) is 4.96. The quantitative estimate of drug-likeness (QED) is 0.817. The molecule has 5 nitrogen and oxygen atoms in total. The number of amides is 1. The molecule has 0 saturated carbocycles. The number of para-hydroxylation sites is 1. The molecule has 126 valence electrons. The molecule has 0 radical (unpaired) electrons. The van der Waals surface area contributed by atoms with Crippen LogP contribution < -0.4 is 10.1 Å². The van der Waals surface area contributed by atoms with Gasteiger partial charge < -0.3 is 10.1 Å². The Morgan fingerprint density at radius 1 is 1.17 bits per heavy atom. The van der Waals surface area contributed by atoms with Crippen LogP contribution in [0.1, 0.15) is 12.5 Å². The minimum Gasteiger partial charge on any atom is -0.493 e. The van der Waals surface area contributed by atoms with E-state index in [1.165, 1.54) is 18.2 Å². The highest BCUT2D eigenvalue weighted by atomic mass is 32.2. The van der Waals surface area contributed by atoms with Gasteiger partial charge in [0, 0.05) is 23.6 Å². The summed E-state index contributed by atoms with van der Waals surface area (Å²) in [4.78, 5) is 12.2. The summed E-state index contributed by atoms with van der Waals surface area (Å²) < 4.78 is 28.6. The molecule has 0 aliphatic carbocycles. The minimum atomic E-state index is -3.31. The number of nitrogens with one attached hydrogen (secondary N) is 1. The number of benzene rings is 2. The van der Waals surface area contributed by atoms with Crippen LogP contribution >= 0.6 is 0 Å². The Labute approximate surface area is 141 Å². The van der Waals surface area contributed by atoms with Gasteiger partial charge in [-0.25, -0.2) is 8.42 Å². The van der Waals surface area contributed by atoms with Crippen LogP contribution in [0.4, 0.5) is 5.69 Å². The van der Waals surface area contributed by atoms with Gasteiger partial charge in [0.15, 0.2) is 9.84 Å². The lowest BCUT2D eigenvalue weighted by Crippen LogP contribution is -2.08. The molecule has 2 aromatic rings. The molecule has 6 heteroatoms. The second kappa shape index (κ2) is 7.79. The van der Waals surface area contributed by atoms with Crippen molar-refractivity contribution in [3.8, 4) is 5.75 Å². The van der Waals surface area contributed by atoms with Gasteiger partial charge in [-0.05, 0) is 37.3 Å². The van der Waals surface area contributed by atoms with Crippen LogP contribution in [0.5, 0.6) is 5.75 Å². The number of anilines is 1. The van der Waals surface area contributed by atoms with Crippen LogP contribution in [0.3, 0.4) is 0 Å². The number of rotatable bonds is 6. The van der Waals surface area contributed by atoms with Crippen LogP contribution in [0, 0.1) is 0 Å². The number of sulfone groups is 1. The number of carbonyl (C=O) groups excluding carboxylic acids is 1. The zero-order chi connectivity index (χ0) is 17.6. The van der Waals surface area contributed by atoms with Crippen molar-refractivity contribution in [2.24, 2.45) is 0 Å². The van der Waals surface area contributed by atoms with E-state index < -0.39 is 9.84 Å². The second-order valence-corrected chi connectivity index (χ2v) is 7.11. The third-order valence-electron chi connectivity index (χ3n) is 3.16. The Balaban J connectivity index is 2.11. The molecule has 0 bridgehead atoms. The fourth-order valence-electron chi connectivity index (χ4n) is 2.06. The van der Waals surface area contributed by atoms with E-state index in [4.69, 9.17) is 4.74 Å². The smallest absolute Gasteiger partial charge is 0.248 e. The van der Waals surface area contributed by atoms with Crippen LogP contribution in [0.2, 0.25) is 0 Å². The zero-order valence-corrected chi connectivity index (χ0v) is 14.3. The van der Waals surface area contributed by atoms with Crippen molar-refractivity contribution < 1.29 is 17.9 Å². The number of carbonyl (C=O) groups is 1. The standard InChI is InChI=1S/C18H19NO4S/c1-3-23-17-10-5-4-7-14(17)11-12-18(20)19-15-8-6-9-16(13-15)24(2,21)22/h4-13H,3H2,1-2H3,(H,19,20)/b12-11+. The van der Waals surface area contributed by atoms with Gasteiger partial charge in [-0.1, -0.05) is 24.3 Å². The summed E-state index contributed by atoms with van der Waals surface area (Å²) >= 11 is 0. The maximum absolute atomic E-state index is 12.0. The van der Waals surface area contributed by atoms with Crippen molar-refractivity contribution in [1.29, 1.82) is 0 Å². The van der Waals surface area contributed by atoms with Crippen LogP contribution in [0.25, 0.3) is 6.08 Å². The summed E-state index contributed by atoms with van der Waals surface area (Å²) in [5.41, 5.74) is 1.21. The van der Waals surface area contributed by atoms with Crippen LogP contribution in [-0.2, 0) is 14.6 Å². The Bertz CT molecular complexity index is 857. The number of ether oxygens (including phenoxy) is 1. The van der Waals surface area contributed by atoms with Crippen molar-refractivity contribution in [2.45, 2.75) is 11.8 Å². The fraction of sp³-hybridized carbons (Fsp3) is 0.167. The molecular weight excluding hydrogens is 326 g/mol. The zero-order valence-electron chi connectivity index (χ0n) is 13.5. The Hall–Kier alpha value is -2.60. The molecule has 0 atom stereocenters. The van der Waals surface area contributed by atoms with Gasteiger partial charge in [-0.2, -0.15) is 0 Å². The van der Waals surface area contributed by atoms with E-state index in [1.807, 2.05) is 31.2 Å². The summed E-state index contributed by atoms with van der Waals surface area (Å²) in [6.45, 7) is 2.43. The first kappa shape index (κ1) is 17.7. The number of hydrogen-bond donors (Lipinski definition) is 1. The minimum absolute atomic E-state index is 0.158. The molecule has 0 aliphatic heterocycles. The van der Waals surface area contributed by atoms with Gasteiger partial charge in [-0.3, -0.25) is 4.79 Å². The van der Waals surface area contributed by atoms with E-state index in [0.717, 1.165) is 11.8 Å². The molecule has 0 saturated heterocycles. The fourth-order valence-corrected chi connectivity index (χ4v) is 2.73. The predicted octanol–water partition coefficient (Wildman–Crippen LogP) is 3.14. The highest BCUT2D eigenvalue weighted by Gasteiger charge is 2.08. The highest BCUT2D eigenvalue weighted by molar-refractivity contribution is 7.90. The van der Waals surface area contributed by atoms with Crippen molar-refractivity contribution >= 4 is 27.5 Å². The maximum Gasteiger partial charge on any atom is 0.248 e. The summed E-state index contributed by atoms with van der Waals surface area (Å²) in [6.07, 6.45) is 4.16. The number of hydrogen-bond acceptors (Lipinski definition) is 4. The Morgan fingerprint density at radius 3 is 2.62 bits per heavy atom. The van der Waals surface area contributed by atoms with Gasteiger partial charge in [-0.15, -0.1) is 0 Å². The summed E-state index contributed by atoms with van der Waals surface area (Å²) in [6, 6.07) is 13.5. The molecule has 2 rings (SSSR count). The molecule has 1 amide bonds. The van der Waals surface area contributed by atoms with Gasteiger partial charge in [0.25, 0.3) is 0 Å². The van der Waals surface area contributed by atoms with Gasteiger partial charge in [0.1, 0.15) is 5.75 Å². The Morgan fingerprint density at radius 2 is 1.92 bits per heavy atom. The highest BCUT2D eigenvalue weighted by Crippen LogP contribution is 2.20. The average molecular weight is 345 g/mol. The van der Waals surface area contributed by atoms with Crippen LogP contribution in [-0.4, -0.2) is 27.2 Å². The average Bonchev–Trinajstić information content (AvgIpc) is 2.54. The van der Waals surface area contributed by atoms with E-state index in [2.05, 4.69) is 5.32 Å². The second-order valence-electron chi connectivity index (χ2n) is 5.09. The van der Waals surface area contributed by atoms with Crippen molar-refractivity contribution in [2.75, 3.05) is 18.2 Å².